The molecule has 5 aliphatic carbocycles. The number of rotatable bonds is 6. The number of aliphatic hydroxyl groups excluding tert-OH is 8. The molecule has 0 spiro atoms. The molecule has 6 fully saturated rings. The Labute approximate surface area is 323 Å². The van der Waals surface area contributed by atoms with Crippen LogP contribution in [-0.4, -0.2) is 139 Å². The van der Waals surface area contributed by atoms with Gasteiger partial charge in [0.15, 0.2) is 12.6 Å². The standard InChI is InChI=1S/C41H66O14/c1-36(2)12-13-41(35(50)51)20(14-36)19-8-9-25-38(5)15-21(42)32(37(3,4)24(38)10-11-39(25,6)40(19,7)16-26(41)44)55-34-31(49)29(47)28(46)23(54-34)18-53-33-30(48)27(45)22(43)17-52-33/h8,20-34,42-49H,9-18H2,1-7H3,(H,50,51)/t20-,21-,22+,23+,24-,25+,26+,27+,28+,29-,30-,31+,32-,33+,34-,38-,39+,40+,41+/m0/s1. The summed E-state index contributed by atoms with van der Waals surface area (Å²) in [6, 6.07) is 0. The SMILES string of the molecule is CC1(C)CC[C@]2(C(=O)O)[C@H](O)C[C@]3(C)C(=CC[C@@H]4[C@@]5(C)C[C@H](O)[C@H](O[C@@H]6O[C@H](CO[C@H]7OC[C@@H](O)[C@@H](O)[C@@H]7O)[C@@H](O)[C@H](O)[C@H]6O)C(C)(C)[C@@H]5CC[C@]43C)[C@@H]2C1. The van der Waals surface area contributed by atoms with E-state index < -0.39 is 102 Å². The first-order chi connectivity index (χ1) is 25.5. The third kappa shape index (κ3) is 6.13. The predicted molar refractivity (Wildman–Crippen MR) is 195 cm³/mol. The average Bonchev–Trinajstić information content (AvgIpc) is 3.08. The summed E-state index contributed by atoms with van der Waals surface area (Å²) in [5.41, 5.74) is -1.85. The highest BCUT2D eigenvalue weighted by Crippen LogP contribution is 2.76. The predicted octanol–water partition coefficient (Wildman–Crippen LogP) is 1.46. The quantitative estimate of drug-likeness (QED) is 0.137. The Balaban J connectivity index is 1.12. The lowest BCUT2D eigenvalue weighted by atomic mass is 9.33. The fraction of sp³-hybridized carbons (Fsp3) is 0.927. The van der Waals surface area contributed by atoms with E-state index in [2.05, 4.69) is 54.5 Å². The van der Waals surface area contributed by atoms with Gasteiger partial charge in [0.2, 0.25) is 0 Å². The molecule has 2 aliphatic heterocycles. The van der Waals surface area contributed by atoms with E-state index in [1.807, 2.05) is 0 Å². The molecule has 314 valence electrons. The van der Waals surface area contributed by atoms with Gasteiger partial charge in [0.1, 0.15) is 48.1 Å². The molecule has 55 heavy (non-hydrogen) atoms. The highest BCUT2D eigenvalue weighted by atomic mass is 16.7. The summed E-state index contributed by atoms with van der Waals surface area (Å²) in [6.45, 7) is 14.6. The summed E-state index contributed by atoms with van der Waals surface area (Å²) in [4.78, 5) is 13.1. The zero-order chi connectivity index (χ0) is 40.4. The molecule has 0 aromatic rings. The molecule has 0 bridgehead atoms. The van der Waals surface area contributed by atoms with E-state index >= 15 is 0 Å². The van der Waals surface area contributed by atoms with E-state index in [0.29, 0.717) is 25.7 Å². The molecule has 19 atom stereocenters. The lowest BCUT2D eigenvalue weighted by Gasteiger charge is -2.72. The topological polar surface area (TPSA) is 236 Å². The summed E-state index contributed by atoms with van der Waals surface area (Å²) in [5.74, 6) is -1.01. The second kappa shape index (κ2) is 13.9. The molecule has 9 N–H and O–H groups in total. The van der Waals surface area contributed by atoms with Crippen LogP contribution >= 0.6 is 0 Å². The Hall–Kier alpha value is -1.27. The number of ether oxygens (including phenoxy) is 4. The van der Waals surface area contributed by atoms with Gasteiger partial charge < -0.3 is 64.9 Å². The second-order valence-corrected chi connectivity index (χ2v) is 20.5. The van der Waals surface area contributed by atoms with Gasteiger partial charge in [0.05, 0.1) is 31.5 Å². The largest absolute Gasteiger partial charge is 0.481 e. The van der Waals surface area contributed by atoms with Gasteiger partial charge in [0, 0.05) is 0 Å². The van der Waals surface area contributed by atoms with E-state index in [1.165, 1.54) is 5.57 Å². The third-order valence-corrected chi connectivity index (χ3v) is 16.8. The van der Waals surface area contributed by atoms with E-state index in [-0.39, 0.29) is 40.6 Å². The second-order valence-electron chi connectivity index (χ2n) is 20.5. The van der Waals surface area contributed by atoms with E-state index in [9.17, 15) is 50.8 Å². The Morgan fingerprint density at radius 2 is 1.45 bits per heavy atom. The van der Waals surface area contributed by atoms with Crippen LogP contribution in [0.2, 0.25) is 0 Å². The van der Waals surface area contributed by atoms with Crippen molar-refractivity contribution in [2.75, 3.05) is 13.2 Å². The minimum Gasteiger partial charge on any atom is -0.481 e. The summed E-state index contributed by atoms with van der Waals surface area (Å²) < 4.78 is 23.3. The fourth-order valence-electron chi connectivity index (χ4n) is 13.5. The average molecular weight is 783 g/mol. The van der Waals surface area contributed by atoms with Gasteiger partial charge in [-0.3, -0.25) is 4.79 Å². The number of aliphatic carboxylic acids is 1. The van der Waals surface area contributed by atoms with E-state index in [0.717, 1.165) is 25.7 Å². The van der Waals surface area contributed by atoms with Gasteiger partial charge in [0.25, 0.3) is 0 Å². The van der Waals surface area contributed by atoms with Gasteiger partial charge >= 0.3 is 5.97 Å². The van der Waals surface area contributed by atoms with Crippen LogP contribution in [0.3, 0.4) is 0 Å². The van der Waals surface area contributed by atoms with Crippen LogP contribution in [0.4, 0.5) is 0 Å². The Bertz CT molecular complexity index is 1500. The molecule has 14 heteroatoms. The van der Waals surface area contributed by atoms with Crippen molar-refractivity contribution >= 4 is 5.97 Å². The van der Waals surface area contributed by atoms with Gasteiger partial charge in [-0.2, -0.15) is 0 Å². The third-order valence-electron chi connectivity index (χ3n) is 16.8. The van der Waals surface area contributed by atoms with Gasteiger partial charge in [-0.1, -0.05) is 60.1 Å². The summed E-state index contributed by atoms with van der Waals surface area (Å²) in [5, 5.41) is 97.5. The van der Waals surface area contributed by atoms with Crippen LogP contribution < -0.4 is 0 Å². The molecule has 0 amide bonds. The van der Waals surface area contributed by atoms with Crippen LogP contribution in [0.5, 0.6) is 0 Å². The van der Waals surface area contributed by atoms with E-state index in [4.69, 9.17) is 18.9 Å². The molecule has 0 radical (unpaired) electrons. The van der Waals surface area contributed by atoms with Crippen molar-refractivity contribution < 1.29 is 69.7 Å². The number of hydrogen-bond acceptors (Lipinski definition) is 13. The minimum atomic E-state index is -1.69. The van der Waals surface area contributed by atoms with Crippen molar-refractivity contribution in [1.29, 1.82) is 0 Å². The first kappa shape index (κ1) is 41.9. The molecule has 14 nitrogen and oxygen atoms in total. The highest BCUT2D eigenvalue weighted by Gasteiger charge is 2.72. The number of allylic oxidation sites excluding steroid dienone is 2. The zero-order valence-electron chi connectivity index (χ0n) is 33.4. The lowest BCUT2D eigenvalue weighted by molar-refractivity contribution is -0.349. The molecule has 0 aromatic heterocycles. The van der Waals surface area contributed by atoms with Gasteiger partial charge in [-0.15, -0.1) is 0 Å². The molecule has 7 rings (SSSR count). The van der Waals surface area contributed by atoms with Crippen LogP contribution in [0.15, 0.2) is 11.6 Å². The van der Waals surface area contributed by atoms with Crippen LogP contribution in [-0.2, 0) is 23.7 Å². The highest BCUT2D eigenvalue weighted by molar-refractivity contribution is 5.77. The molecule has 0 unspecified atom stereocenters. The van der Waals surface area contributed by atoms with Crippen molar-refractivity contribution in [3.8, 4) is 0 Å². The number of carboxylic acids is 1. The zero-order valence-corrected chi connectivity index (χ0v) is 33.4. The first-order valence-electron chi connectivity index (χ1n) is 20.4. The molecular formula is C41H66O14. The van der Waals surface area contributed by atoms with Gasteiger partial charge in [-0.05, 0) is 96.2 Å². The molecule has 7 aliphatic rings. The molecule has 0 aromatic carbocycles. The maximum Gasteiger partial charge on any atom is 0.312 e. The Kier molecular flexibility index (Phi) is 10.6. The minimum absolute atomic E-state index is 0.0481. The van der Waals surface area contributed by atoms with E-state index in [1.54, 1.807) is 0 Å². The monoisotopic (exact) mass is 782 g/mol. The maximum absolute atomic E-state index is 13.1. The maximum atomic E-state index is 13.1. The van der Waals surface area contributed by atoms with Gasteiger partial charge in [-0.25, -0.2) is 0 Å². The number of fused-ring (bicyclic) bond motifs is 7. The molecular weight excluding hydrogens is 716 g/mol. The Morgan fingerprint density at radius 1 is 0.782 bits per heavy atom. The van der Waals surface area contributed by atoms with Crippen molar-refractivity contribution in [1.82, 2.24) is 0 Å². The summed E-state index contributed by atoms with van der Waals surface area (Å²) in [6.07, 6.45) is -8.86. The Morgan fingerprint density at radius 3 is 2.13 bits per heavy atom. The van der Waals surface area contributed by atoms with Crippen LogP contribution in [0.1, 0.15) is 99.8 Å². The van der Waals surface area contributed by atoms with Crippen LogP contribution in [0.25, 0.3) is 0 Å². The van der Waals surface area contributed by atoms with Crippen molar-refractivity contribution in [2.24, 2.45) is 50.2 Å². The normalized spacial score (nSPS) is 54.5. The van der Waals surface area contributed by atoms with Crippen LogP contribution in [0, 0.1) is 50.2 Å². The number of aliphatic hydroxyl groups is 8. The summed E-state index contributed by atoms with van der Waals surface area (Å²) in [7, 11) is 0. The lowest BCUT2D eigenvalue weighted by Crippen LogP contribution is -2.69. The van der Waals surface area contributed by atoms with Crippen molar-refractivity contribution in [3.05, 3.63) is 11.6 Å². The smallest absolute Gasteiger partial charge is 0.312 e. The number of carboxylic acid groups (broad SMARTS) is 1. The summed E-state index contributed by atoms with van der Waals surface area (Å²) >= 11 is 0. The van der Waals surface area contributed by atoms with Crippen molar-refractivity contribution in [2.45, 2.75) is 173 Å². The fourth-order valence-corrected chi connectivity index (χ4v) is 13.5. The number of carbonyl (C=O) groups is 1. The molecule has 4 saturated carbocycles. The van der Waals surface area contributed by atoms with Crippen molar-refractivity contribution in [3.63, 3.8) is 0 Å². The number of hydrogen-bond donors (Lipinski definition) is 9. The molecule has 2 heterocycles. The first-order valence-corrected chi connectivity index (χ1v) is 20.4. The molecule has 2 saturated heterocycles.